The molecule has 3 rings (SSSR count). The molecule has 0 saturated carbocycles. The maximum atomic E-state index is 13.2. The molecule has 0 aliphatic heterocycles. The summed E-state index contributed by atoms with van der Waals surface area (Å²) in [7, 11) is 0. The highest BCUT2D eigenvalue weighted by Crippen LogP contribution is 2.38. The SMILES string of the molecule is Cc1nc(C(F)F)c(C(=S)Nc2cccc3c2CCC(C)(C)C3)s1. The monoisotopic (exact) mass is 366 g/mol. The second-order valence-corrected chi connectivity index (χ2v) is 8.60. The molecule has 2 nitrogen and oxygen atoms in total. The van der Waals surface area contributed by atoms with Crippen molar-refractivity contribution in [3.05, 3.63) is 44.9 Å². The lowest BCUT2D eigenvalue weighted by molar-refractivity contribution is 0.146. The molecule has 1 N–H and O–H groups in total. The molecular formula is C18H20F2N2S2. The van der Waals surface area contributed by atoms with Gasteiger partial charge in [0.1, 0.15) is 10.7 Å². The zero-order chi connectivity index (χ0) is 17.5. The number of aryl methyl sites for hydroxylation is 1. The molecule has 2 aromatic rings. The van der Waals surface area contributed by atoms with E-state index in [1.54, 1.807) is 6.92 Å². The van der Waals surface area contributed by atoms with E-state index in [0.717, 1.165) is 24.9 Å². The minimum Gasteiger partial charge on any atom is -0.345 e. The molecule has 0 bridgehead atoms. The maximum Gasteiger partial charge on any atom is 0.281 e. The van der Waals surface area contributed by atoms with Gasteiger partial charge in [-0.2, -0.15) is 0 Å². The first-order valence-electron chi connectivity index (χ1n) is 7.94. The minimum absolute atomic E-state index is 0.221. The molecule has 1 aliphatic carbocycles. The van der Waals surface area contributed by atoms with E-state index in [0.29, 0.717) is 20.3 Å². The highest BCUT2D eigenvalue weighted by molar-refractivity contribution is 7.81. The van der Waals surface area contributed by atoms with Gasteiger partial charge in [-0.1, -0.05) is 38.2 Å². The smallest absolute Gasteiger partial charge is 0.281 e. The second-order valence-electron chi connectivity index (χ2n) is 6.99. The fourth-order valence-electron chi connectivity index (χ4n) is 3.21. The van der Waals surface area contributed by atoms with Gasteiger partial charge in [0.05, 0.1) is 9.88 Å². The Kier molecular flexibility index (Phi) is 4.71. The summed E-state index contributed by atoms with van der Waals surface area (Å²) in [6.07, 6.45) is 0.479. The summed E-state index contributed by atoms with van der Waals surface area (Å²) < 4.78 is 26.3. The largest absolute Gasteiger partial charge is 0.345 e. The van der Waals surface area contributed by atoms with Crippen molar-refractivity contribution in [1.29, 1.82) is 0 Å². The molecule has 128 valence electrons. The van der Waals surface area contributed by atoms with Crippen molar-refractivity contribution in [2.24, 2.45) is 5.41 Å². The van der Waals surface area contributed by atoms with Gasteiger partial charge in [0.2, 0.25) is 0 Å². The Labute approximate surface area is 150 Å². The zero-order valence-electron chi connectivity index (χ0n) is 14.0. The molecule has 0 atom stereocenters. The number of hydrogen-bond acceptors (Lipinski definition) is 3. The number of anilines is 1. The lowest BCUT2D eigenvalue weighted by Crippen LogP contribution is -2.23. The lowest BCUT2D eigenvalue weighted by Gasteiger charge is -2.32. The predicted molar refractivity (Wildman–Crippen MR) is 99.4 cm³/mol. The Morgan fingerprint density at radius 2 is 2.12 bits per heavy atom. The summed E-state index contributed by atoms with van der Waals surface area (Å²) in [5, 5.41) is 3.79. The fourth-order valence-corrected chi connectivity index (χ4v) is 4.37. The first-order valence-corrected chi connectivity index (χ1v) is 9.17. The molecule has 0 spiro atoms. The van der Waals surface area contributed by atoms with Crippen LogP contribution < -0.4 is 5.32 Å². The number of aromatic nitrogens is 1. The van der Waals surface area contributed by atoms with Crippen LogP contribution in [-0.2, 0) is 12.8 Å². The Bertz CT molecular complexity index is 781. The van der Waals surface area contributed by atoms with E-state index in [9.17, 15) is 8.78 Å². The van der Waals surface area contributed by atoms with Gasteiger partial charge in [-0.15, -0.1) is 11.3 Å². The van der Waals surface area contributed by atoms with Crippen LogP contribution in [0, 0.1) is 12.3 Å². The number of benzene rings is 1. The van der Waals surface area contributed by atoms with Crippen molar-refractivity contribution in [3.63, 3.8) is 0 Å². The van der Waals surface area contributed by atoms with Gasteiger partial charge in [0.25, 0.3) is 6.43 Å². The zero-order valence-corrected chi connectivity index (χ0v) is 15.6. The Balaban J connectivity index is 1.89. The summed E-state index contributed by atoms with van der Waals surface area (Å²) in [5.41, 5.74) is 3.57. The summed E-state index contributed by atoms with van der Waals surface area (Å²) in [6, 6.07) is 6.11. The number of halogens is 2. The van der Waals surface area contributed by atoms with Crippen LogP contribution in [0.5, 0.6) is 0 Å². The number of rotatable bonds is 3. The molecule has 24 heavy (non-hydrogen) atoms. The summed E-state index contributed by atoms with van der Waals surface area (Å²) in [4.78, 5) is 4.62. The van der Waals surface area contributed by atoms with Crippen molar-refractivity contribution in [2.75, 3.05) is 5.32 Å². The molecule has 0 saturated heterocycles. The van der Waals surface area contributed by atoms with Crippen molar-refractivity contribution >= 4 is 34.2 Å². The van der Waals surface area contributed by atoms with Crippen LogP contribution in [0.1, 0.15) is 53.4 Å². The van der Waals surface area contributed by atoms with Crippen LogP contribution in [-0.4, -0.2) is 9.97 Å². The summed E-state index contributed by atoms with van der Waals surface area (Å²) >= 11 is 6.61. The molecule has 6 heteroatoms. The van der Waals surface area contributed by atoms with Crippen molar-refractivity contribution in [2.45, 2.75) is 46.5 Å². The Morgan fingerprint density at radius 3 is 2.83 bits per heavy atom. The van der Waals surface area contributed by atoms with Crippen LogP contribution in [0.3, 0.4) is 0 Å². The van der Waals surface area contributed by atoms with Crippen LogP contribution in [0.15, 0.2) is 18.2 Å². The van der Waals surface area contributed by atoms with Gasteiger partial charge in [0, 0.05) is 5.69 Å². The van der Waals surface area contributed by atoms with Gasteiger partial charge < -0.3 is 5.32 Å². The molecule has 1 aliphatic rings. The van der Waals surface area contributed by atoms with E-state index >= 15 is 0 Å². The number of nitrogens with zero attached hydrogens (tertiary/aromatic N) is 1. The standard InChI is InChI=1S/C18H20F2N2S2/c1-10-21-14(16(19)20)15(24-10)17(23)22-13-6-4-5-11-9-18(2,3)8-7-12(11)13/h4-6,16H,7-9H2,1-3H3,(H,22,23). The molecule has 1 heterocycles. The average molecular weight is 367 g/mol. The van der Waals surface area contributed by atoms with E-state index < -0.39 is 6.43 Å². The maximum absolute atomic E-state index is 13.2. The number of hydrogen-bond donors (Lipinski definition) is 1. The van der Waals surface area contributed by atoms with Gasteiger partial charge >= 0.3 is 0 Å². The summed E-state index contributed by atoms with van der Waals surface area (Å²) in [6.45, 7) is 6.26. The van der Waals surface area contributed by atoms with Gasteiger partial charge in [-0.05, 0) is 48.8 Å². The number of thiocarbonyl (C=S) groups is 1. The van der Waals surface area contributed by atoms with E-state index in [-0.39, 0.29) is 5.69 Å². The van der Waals surface area contributed by atoms with E-state index in [1.807, 2.05) is 12.1 Å². The van der Waals surface area contributed by atoms with Crippen LogP contribution >= 0.6 is 23.6 Å². The van der Waals surface area contributed by atoms with Crippen molar-refractivity contribution in [1.82, 2.24) is 4.98 Å². The molecule has 1 aromatic heterocycles. The molecule has 0 unspecified atom stereocenters. The fraction of sp³-hybridized carbons (Fsp3) is 0.444. The van der Waals surface area contributed by atoms with Crippen LogP contribution in [0.2, 0.25) is 0 Å². The van der Waals surface area contributed by atoms with Crippen molar-refractivity contribution in [3.8, 4) is 0 Å². The molecular weight excluding hydrogens is 346 g/mol. The normalized spacial score (nSPS) is 16.1. The summed E-state index contributed by atoms with van der Waals surface area (Å²) in [5.74, 6) is 0. The first kappa shape index (κ1) is 17.4. The van der Waals surface area contributed by atoms with Crippen LogP contribution in [0.25, 0.3) is 0 Å². The third kappa shape index (κ3) is 3.49. The molecule has 0 radical (unpaired) electrons. The minimum atomic E-state index is -2.62. The highest BCUT2D eigenvalue weighted by atomic mass is 32.1. The number of thiazole rings is 1. The van der Waals surface area contributed by atoms with Crippen molar-refractivity contribution < 1.29 is 8.78 Å². The number of nitrogens with one attached hydrogen (secondary N) is 1. The average Bonchev–Trinajstić information content (AvgIpc) is 2.88. The first-order chi connectivity index (χ1) is 11.3. The molecule has 0 fully saturated rings. The quantitative estimate of drug-likeness (QED) is 0.706. The predicted octanol–water partition coefficient (Wildman–Crippen LogP) is 5.69. The van der Waals surface area contributed by atoms with Gasteiger partial charge in [0.15, 0.2) is 0 Å². The number of alkyl halides is 2. The second kappa shape index (κ2) is 6.48. The highest BCUT2D eigenvalue weighted by Gasteiger charge is 2.27. The van der Waals surface area contributed by atoms with E-state index in [4.69, 9.17) is 12.2 Å². The number of fused-ring (bicyclic) bond motifs is 1. The van der Waals surface area contributed by atoms with Crippen LogP contribution in [0.4, 0.5) is 14.5 Å². The Morgan fingerprint density at radius 1 is 1.38 bits per heavy atom. The third-order valence-electron chi connectivity index (χ3n) is 4.42. The topological polar surface area (TPSA) is 24.9 Å². The van der Waals surface area contributed by atoms with E-state index in [1.165, 1.54) is 22.5 Å². The Hall–Kier alpha value is -1.40. The molecule has 0 amide bonds. The van der Waals surface area contributed by atoms with Gasteiger partial charge in [-0.3, -0.25) is 0 Å². The van der Waals surface area contributed by atoms with Gasteiger partial charge in [-0.25, -0.2) is 13.8 Å². The molecule has 1 aromatic carbocycles. The van der Waals surface area contributed by atoms with E-state index in [2.05, 4.69) is 30.2 Å². The third-order valence-corrected chi connectivity index (χ3v) is 5.85. The lowest BCUT2D eigenvalue weighted by atomic mass is 9.74.